The fourth-order valence-corrected chi connectivity index (χ4v) is 3.47. The van der Waals surface area contributed by atoms with Crippen LogP contribution in [0.5, 0.6) is 0 Å². The molecule has 2 atom stereocenters. The molecule has 0 saturated carbocycles. The third-order valence-corrected chi connectivity index (χ3v) is 5.25. The molecule has 35 heavy (non-hydrogen) atoms. The van der Waals surface area contributed by atoms with Gasteiger partial charge in [0.25, 0.3) is 0 Å². The first kappa shape index (κ1) is 29.6. The first-order valence-corrected chi connectivity index (χ1v) is 11.5. The van der Waals surface area contributed by atoms with Gasteiger partial charge in [-0.3, -0.25) is 19.3 Å². The topological polar surface area (TPSA) is 146 Å². The molecule has 0 heterocycles. The lowest BCUT2D eigenvalue weighted by Crippen LogP contribution is -2.51. The van der Waals surface area contributed by atoms with Crippen molar-refractivity contribution in [1.29, 1.82) is 0 Å². The number of amides is 4. The van der Waals surface area contributed by atoms with Gasteiger partial charge in [-0.15, -0.1) is 0 Å². The Hall–Kier alpha value is -3.47. The highest BCUT2D eigenvalue weighted by Crippen LogP contribution is 2.14. The van der Waals surface area contributed by atoms with Gasteiger partial charge in [-0.25, -0.2) is 4.79 Å². The Kier molecular flexibility index (Phi) is 12.4. The maximum atomic E-state index is 12.4. The molecule has 1 rings (SSSR count). The zero-order chi connectivity index (χ0) is 26.5. The van der Waals surface area contributed by atoms with Crippen LogP contribution in [-0.2, 0) is 30.5 Å². The average Bonchev–Trinajstić information content (AvgIpc) is 2.80. The van der Waals surface area contributed by atoms with Crippen molar-refractivity contribution in [3.63, 3.8) is 0 Å². The van der Waals surface area contributed by atoms with Crippen molar-refractivity contribution >= 4 is 35.8 Å². The van der Waals surface area contributed by atoms with Crippen LogP contribution in [0.4, 0.5) is 10.5 Å². The van der Waals surface area contributed by atoms with E-state index in [2.05, 4.69) is 21.3 Å². The Morgan fingerprint density at radius 2 is 1.60 bits per heavy atom. The number of nitrogens with zero attached hydrogens (tertiary/aromatic N) is 1. The van der Waals surface area contributed by atoms with Gasteiger partial charge in [0.1, 0.15) is 18.9 Å². The molecule has 0 fully saturated rings. The lowest BCUT2D eigenvalue weighted by atomic mass is 10.0. The monoisotopic (exact) mass is 491 g/mol. The molecule has 4 N–H and O–H groups in total. The zero-order valence-electron chi connectivity index (χ0n) is 21.2. The van der Waals surface area contributed by atoms with E-state index in [9.17, 15) is 24.0 Å². The van der Waals surface area contributed by atoms with E-state index < -0.39 is 18.0 Å². The highest BCUT2D eigenvalue weighted by molar-refractivity contribution is 5.95. The minimum Gasteiger partial charge on any atom is -0.445 e. The second-order valence-electron chi connectivity index (χ2n) is 8.74. The number of ether oxygens (including phenoxy) is 1. The van der Waals surface area contributed by atoms with Crippen LogP contribution in [-0.4, -0.2) is 74.3 Å². The van der Waals surface area contributed by atoms with Crippen molar-refractivity contribution in [2.24, 2.45) is 11.8 Å². The summed E-state index contributed by atoms with van der Waals surface area (Å²) in [6.45, 7) is 7.07. The molecule has 0 aliphatic heterocycles. The maximum Gasteiger partial charge on any atom is 0.410 e. The van der Waals surface area contributed by atoms with E-state index in [4.69, 9.17) is 4.74 Å². The summed E-state index contributed by atoms with van der Waals surface area (Å²) in [5, 5.41) is 10.7. The molecule has 11 heteroatoms. The van der Waals surface area contributed by atoms with Gasteiger partial charge in [0, 0.05) is 12.7 Å². The van der Waals surface area contributed by atoms with Gasteiger partial charge >= 0.3 is 6.09 Å². The average molecular weight is 492 g/mol. The van der Waals surface area contributed by atoms with Crippen LogP contribution in [0, 0.1) is 11.8 Å². The number of likely N-dealkylation sites (N-methyl/N-ethyl adjacent to an activating group) is 2. The molecule has 0 aliphatic carbocycles. The molecular weight excluding hydrogens is 454 g/mol. The number of nitrogens with one attached hydrogen (secondary N) is 4. The Morgan fingerprint density at radius 1 is 0.971 bits per heavy atom. The van der Waals surface area contributed by atoms with Gasteiger partial charge in [-0.1, -0.05) is 39.8 Å². The third kappa shape index (κ3) is 9.73. The molecule has 0 spiro atoms. The number of benzene rings is 1. The van der Waals surface area contributed by atoms with Gasteiger partial charge in [-0.05, 0) is 36.6 Å². The van der Waals surface area contributed by atoms with Crippen molar-refractivity contribution in [3.8, 4) is 0 Å². The summed E-state index contributed by atoms with van der Waals surface area (Å²) < 4.78 is 5.31. The molecule has 2 unspecified atom stereocenters. The normalized spacial score (nSPS) is 12.5. The summed E-state index contributed by atoms with van der Waals surface area (Å²) in [6.07, 6.45) is -0.110. The number of hydrogen-bond donors (Lipinski definition) is 4. The summed E-state index contributed by atoms with van der Waals surface area (Å²) in [7, 11) is 3.15. The zero-order valence-corrected chi connectivity index (χ0v) is 21.2. The molecule has 1 aromatic carbocycles. The highest BCUT2D eigenvalue weighted by atomic mass is 16.6. The summed E-state index contributed by atoms with van der Waals surface area (Å²) in [6, 6.07) is 5.51. The summed E-state index contributed by atoms with van der Waals surface area (Å²) >= 11 is 0. The largest absolute Gasteiger partial charge is 0.445 e. The van der Waals surface area contributed by atoms with E-state index in [0.29, 0.717) is 17.5 Å². The van der Waals surface area contributed by atoms with Crippen LogP contribution in [0.2, 0.25) is 0 Å². The number of hydrogen-bond acceptors (Lipinski definition) is 7. The SMILES string of the molecule is CNC(C(=O)NCC(=O)Nc1ccc(COC(=O)N(C)C(C(=O)NCC=O)C(C)C)cc1)C(C)C. The Labute approximate surface area is 206 Å². The number of carbonyl (C=O) groups excluding carboxylic acids is 5. The van der Waals surface area contributed by atoms with Crippen LogP contribution in [0.1, 0.15) is 33.3 Å². The minimum absolute atomic E-state index is 0.0329. The second-order valence-corrected chi connectivity index (χ2v) is 8.74. The highest BCUT2D eigenvalue weighted by Gasteiger charge is 2.30. The fourth-order valence-electron chi connectivity index (χ4n) is 3.47. The minimum atomic E-state index is -0.788. The first-order valence-electron chi connectivity index (χ1n) is 11.5. The van der Waals surface area contributed by atoms with E-state index in [1.807, 2.05) is 13.8 Å². The molecule has 1 aromatic rings. The number of aldehydes is 1. The number of carbonyl (C=O) groups is 5. The number of anilines is 1. The number of rotatable bonds is 13. The maximum absolute atomic E-state index is 12.4. The molecule has 0 saturated heterocycles. The van der Waals surface area contributed by atoms with Crippen molar-refractivity contribution in [2.45, 2.75) is 46.4 Å². The molecule has 4 amide bonds. The van der Waals surface area contributed by atoms with E-state index >= 15 is 0 Å². The van der Waals surface area contributed by atoms with Gasteiger partial charge in [0.15, 0.2) is 0 Å². The summed E-state index contributed by atoms with van der Waals surface area (Å²) in [5.74, 6) is -1.17. The first-order chi connectivity index (χ1) is 16.5. The van der Waals surface area contributed by atoms with Crippen LogP contribution in [0.15, 0.2) is 24.3 Å². The quantitative estimate of drug-likeness (QED) is 0.300. The molecule has 0 aromatic heterocycles. The van der Waals surface area contributed by atoms with E-state index in [-0.39, 0.29) is 49.4 Å². The van der Waals surface area contributed by atoms with Crippen LogP contribution < -0.4 is 21.3 Å². The van der Waals surface area contributed by atoms with Crippen molar-refractivity contribution in [3.05, 3.63) is 29.8 Å². The Balaban J connectivity index is 2.58. The second kappa shape index (κ2) is 14.7. The van der Waals surface area contributed by atoms with Crippen molar-refractivity contribution < 1.29 is 28.7 Å². The predicted molar refractivity (Wildman–Crippen MR) is 131 cm³/mol. The third-order valence-electron chi connectivity index (χ3n) is 5.25. The van der Waals surface area contributed by atoms with Crippen LogP contribution in [0.25, 0.3) is 0 Å². The van der Waals surface area contributed by atoms with Crippen LogP contribution >= 0.6 is 0 Å². The van der Waals surface area contributed by atoms with Gasteiger partial charge < -0.3 is 30.8 Å². The Bertz CT molecular complexity index is 872. The van der Waals surface area contributed by atoms with Crippen molar-refractivity contribution in [1.82, 2.24) is 20.9 Å². The Morgan fingerprint density at radius 3 is 2.11 bits per heavy atom. The van der Waals surface area contributed by atoms with Gasteiger partial charge in [0.05, 0.1) is 19.1 Å². The van der Waals surface area contributed by atoms with Gasteiger partial charge in [0.2, 0.25) is 17.7 Å². The van der Waals surface area contributed by atoms with Crippen molar-refractivity contribution in [2.75, 3.05) is 32.5 Å². The van der Waals surface area contributed by atoms with E-state index in [1.54, 1.807) is 45.2 Å². The van der Waals surface area contributed by atoms with Gasteiger partial charge in [-0.2, -0.15) is 0 Å². The molecular formula is C24H37N5O6. The summed E-state index contributed by atoms with van der Waals surface area (Å²) in [5.41, 5.74) is 1.20. The fraction of sp³-hybridized carbons (Fsp3) is 0.542. The van der Waals surface area contributed by atoms with E-state index in [0.717, 1.165) is 0 Å². The molecule has 0 aliphatic rings. The lowest BCUT2D eigenvalue weighted by molar-refractivity contribution is -0.128. The molecule has 0 bridgehead atoms. The van der Waals surface area contributed by atoms with E-state index in [1.165, 1.54) is 11.9 Å². The predicted octanol–water partition coefficient (Wildman–Crippen LogP) is 0.893. The smallest absolute Gasteiger partial charge is 0.410 e. The summed E-state index contributed by atoms with van der Waals surface area (Å²) in [4.78, 5) is 60.7. The molecule has 0 radical (unpaired) electrons. The van der Waals surface area contributed by atoms with Crippen LogP contribution in [0.3, 0.4) is 0 Å². The standard InChI is InChI=1S/C24H37N5O6/c1-15(2)20(25-5)22(32)27-13-19(31)28-18-9-7-17(8-10-18)14-35-24(34)29(6)21(16(3)4)23(33)26-11-12-30/h7-10,12,15-16,20-21,25H,11,13-14H2,1-6H3,(H,26,33)(H,27,32)(H,28,31). The molecule has 11 nitrogen and oxygen atoms in total. The lowest BCUT2D eigenvalue weighted by Gasteiger charge is -2.29. The molecule has 194 valence electrons.